The van der Waals surface area contributed by atoms with Crippen LogP contribution in [0.25, 0.3) is 0 Å². The first-order chi connectivity index (χ1) is 9.67. The van der Waals surface area contributed by atoms with Gasteiger partial charge in [-0.15, -0.1) is 0 Å². The van der Waals surface area contributed by atoms with Gasteiger partial charge in [-0.1, -0.05) is 44.2 Å². The second kappa shape index (κ2) is 10.9. The molecule has 0 radical (unpaired) electrons. The van der Waals surface area contributed by atoms with Crippen LogP contribution >= 0.6 is 0 Å². The Morgan fingerprint density at radius 2 is 1.40 bits per heavy atom. The van der Waals surface area contributed by atoms with Gasteiger partial charge in [-0.05, 0) is 43.2 Å². The molecule has 0 aromatic heterocycles. The minimum atomic E-state index is 0.926. The average molecular weight is 274 g/mol. The van der Waals surface area contributed by atoms with E-state index in [2.05, 4.69) is 0 Å². The number of aryl methyl sites for hydroxylation is 2. The van der Waals surface area contributed by atoms with Crippen LogP contribution in [0.5, 0.6) is 11.5 Å². The van der Waals surface area contributed by atoms with E-state index < -0.39 is 0 Å². The lowest BCUT2D eigenvalue weighted by atomic mass is 10.2. The van der Waals surface area contributed by atoms with Gasteiger partial charge in [0.25, 0.3) is 0 Å². The minimum absolute atomic E-state index is 0.926. The average Bonchev–Trinajstić information content (AvgIpc) is 2.50. The first kappa shape index (κ1) is 18.0. The van der Waals surface area contributed by atoms with Gasteiger partial charge in [-0.2, -0.15) is 0 Å². The third-order valence-corrected chi connectivity index (χ3v) is 2.54. The van der Waals surface area contributed by atoms with E-state index in [9.17, 15) is 0 Å². The lowest BCUT2D eigenvalue weighted by Crippen LogP contribution is -1.84. The highest BCUT2D eigenvalue weighted by Gasteiger charge is 1.90. The maximum atomic E-state index is 5.04. The Kier molecular flexibility index (Phi) is 9.85. The van der Waals surface area contributed by atoms with E-state index in [-0.39, 0.29) is 0 Å². The third-order valence-electron chi connectivity index (χ3n) is 2.54. The van der Waals surface area contributed by atoms with Crippen molar-refractivity contribution in [2.45, 2.75) is 27.7 Å². The van der Waals surface area contributed by atoms with Gasteiger partial charge < -0.3 is 9.47 Å². The van der Waals surface area contributed by atoms with E-state index >= 15 is 0 Å². The third kappa shape index (κ3) is 6.83. The van der Waals surface area contributed by atoms with Gasteiger partial charge in [0, 0.05) is 0 Å². The monoisotopic (exact) mass is 274 g/mol. The standard InChI is InChI=1S/2C8H10O.C2H6/c1-7-4-3-5-8(6-7)9-2;1-7-5-3-4-6-8(7)9-2;1-2/h2*3-6H,1-2H3;1-2H3. The van der Waals surface area contributed by atoms with Crippen LogP contribution in [0.15, 0.2) is 48.5 Å². The fraction of sp³-hybridized carbons (Fsp3) is 0.333. The van der Waals surface area contributed by atoms with Crippen molar-refractivity contribution in [3.05, 3.63) is 59.7 Å². The molecule has 0 N–H and O–H groups in total. The van der Waals surface area contributed by atoms with Crippen LogP contribution in [-0.4, -0.2) is 14.2 Å². The van der Waals surface area contributed by atoms with E-state index in [1.54, 1.807) is 14.2 Å². The SMILES string of the molecule is CC.COc1cccc(C)c1.COc1ccccc1C. The molecule has 2 aromatic rings. The van der Waals surface area contributed by atoms with Crippen molar-refractivity contribution in [2.75, 3.05) is 14.2 Å². The van der Waals surface area contributed by atoms with Crippen LogP contribution in [0.2, 0.25) is 0 Å². The Balaban J connectivity index is 0.000000321. The van der Waals surface area contributed by atoms with Gasteiger partial charge in [0.2, 0.25) is 0 Å². The van der Waals surface area contributed by atoms with Gasteiger partial charge in [-0.3, -0.25) is 0 Å². The van der Waals surface area contributed by atoms with E-state index in [0.29, 0.717) is 0 Å². The molecule has 0 heterocycles. The predicted molar refractivity (Wildman–Crippen MR) is 86.8 cm³/mol. The van der Waals surface area contributed by atoms with Crippen molar-refractivity contribution in [1.82, 2.24) is 0 Å². The molecule has 0 saturated carbocycles. The molecule has 0 saturated heterocycles. The highest BCUT2D eigenvalue weighted by atomic mass is 16.5. The largest absolute Gasteiger partial charge is 0.497 e. The molecule has 0 fully saturated rings. The molecular formula is C18H26O2. The molecule has 2 aromatic carbocycles. The molecule has 0 unspecified atom stereocenters. The van der Waals surface area contributed by atoms with E-state index in [0.717, 1.165) is 11.5 Å². The van der Waals surface area contributed by atoms with Crippen LogP contribution < -0.4 is 9.47 Å². The van der Waals surface area contributed by atoms with Gasteiger partial charge in [0.1, 0.15) is 11.5 Å². The maximum absolute atomic E-state index is 5.04. The van der Waals surface area contributed by atoms with E-state index in [1.165, 1.54) is 11.1 Å². The Hall–Kier alpha value is -1.96. The molecule has 2 heteroatoms. The smallest absolute Gasteiger partial charge is 0.121 e. The fourth-order valence-electron chi connectivity index (χ4n) is 1.53. The topological polar surface area (TPSA) is 18.5 Å². The normalized spacial score (nSPS) is 8.50. The highest BCUT2D eigenvalue weighted by molar-refractivity contribution is 5.31. The Morgan fingerprint density at radius 1 is 0.750 bits per heavy atom. The van der Waals surface area contributed by atoms with Crippen LogP contribution in [0, 0.1) is 13.8 Å². The van der Waals surface area contributed by atoms with Crippen LogP contribution in [0.1, 0.15) is 25.0 Å². The fourth-order valence-corrected chi connectivity index (χ4v) is 1.53. The molecule has 0 bridgehead atoms. The number of hydrogen-bond acceptors (Lipinski definition) is 2. The zero-order chi connectivity index (χ0) is 15.4. The van der Waals surface area contributed by atoms with E-state index in [4.69, 9.17) is 9.47 Å². The Labute approximate surface area is 123 Å². The highest BCUT2D eigenvalue weighted by Crippen LogP contribution is 2.14. The molecular weight excluding hydrogens is 248 g/mol. The lowest BCUT2D eigenvalue weighted by Gasteiger charge is -2.00. The molecule has 2 rings (SSSR count). The van der Waals surface area contributed by atoms with Crippen molar-refractivity contribution in [3.8, 4) is 11.5 Å². The summed E-state index contributed by atoms with van der Waals surface area (Å²) in [5.74, 6) is 1.88. The van der Waals surface area contributed by atoms with Crippen molar-refractivity contribution >= 4 is 0 Å². The van der Waals surface area contributed by atoms with Gasteiger partial charge >= 0.3 is 0 Å². The Morgan fingerprint density at radius 3 is 1.80 bits per heavy atom. The van der Waals surface area contributed by atoms with Crippen molar-refractivity contribution in [2.24, 2.45) is 0 Å². The van der Waals surface area contributed by atoms with Crippen LogP contribution in [-0.2, 0) is 0 Å². The summed E-state index contributed by atoms with van der Waals surface area (Å²) in [6.45, 7) is 8.07. The summed E-state index contributed by atoms with van der Waals surface area (Å²) >= 11 is 0. The van der Waals surface area contributed by atoms with Gasteiger partial charge in [0.05, 0.1) is 14.2 Å². The molecule has 2 nitrogen and oxygen atoms in total. The molecule has 0 spiro atoms. The van der Waals surface area contributed by atoms with Crippen molar-refractivity contribution in [3.63, 3.8) is 0 Å². The van der Waals surface area contributed by atoms with E-state index in [1.807, 2.05) is 76.2 Å². The minimum Gasteiger partial charge on any atom is -0.497 e. The molecule has 0 aliphatic heterocycles. The van der Waals surface area contributed by atoms with Crippen molar-refractivity contribution in [1.29, 1.82) is 0 Å². The van der Waals surface area contributed by atoms with Crippen LogP contribution in [0.4, 0.5) is 0 Å². The summed E-state index contributed by atoms with van der Waals surface area (Å²) in [5.41, 5.74) is 2.41. The molecule has 20 heavy (non-hydrogen) atoms. The lowest BCUT2D eigenvalue weighted by molar-refractivity contribution is 0.411. The molecule has 0 aliphatic carbocycles. The first-order valence-electron chi connectivity index (χ1n) is 6.87. The number of rotatable bonds is 2. The maximum Gasteiger partial charge on any atom is 0.121 e. The van der Waals surface area contributed by atoms with Gasteiger partial charge in [0.15, 0.2) is 0 Å². The number of benzene rings is 2. The number of ether oxygens (including phenoxy) is 2. The molecule has 0 atom stereocenters. The Bertz CT molecular complexity index is 478. The second-order valence-corrected chi connectivity index (χ2v) is 3.99. The molecule has 0 aliphatic rings. The molecule has 0 amide bonds. The van der Waals surface area contributed by atoms with Crippen molar-refractivity contribution < 1.29 is 9.47 Å². The quantitative estimate of drug-likeness (QED) is 0.764. The predicted octanol–water partition coefficient (Wildman–Crippen LogP) is 5.03. The van der Waals surface area contributed by atoms with Crippen LogP contribution in [0.3, 0.4) is 0 Å². The first-order valence-corrected chi connectivity index (χ1v) is 6.87. The zero-order valence-corrected chi connectivity index (χ0v) is 13.4. The second-order valence-electron chi connectivity index (χ2n) is 3.99. The number of methoxy groups -OCH3 is 2. The summed E-state index contributed by atoms with van der Waals surface area (Å²) in [5, 5.41) is 0. The zero-order valence-electron chi connectivity index (χ0n) is 13.4. The summed E-state index contributed by atoms with van der Waals surface area (Å²) in [4.78, 5) is 0. The number of hydrogen-bond donors (Lipinski definition) is 0. The summed E-state index contributed by atoms with van der Waals surface area (Å²) < 4.78 is 10.0. The molecule has 110 valence electrons. The number of para-hydroxylation sites is 1. The summed E-state index contributed by atoms with van der Waals surface area (Å²) in [7, 11) is 3.36. The summed E-state index contributed by atoms with van der Waals surface area (Å²) in [6.07, 6.45) is 0. The van der Waals surface area contributed by atoms with Gasteiger partial charge in [-0.25, -0.2) is 0 Å². The summed E-state index contributed by atoms with van der Waals surface area (Å²) in [6, 6.07) is 15.9.